The van der Waals surface area contributed by atoms with Crippen LogP contribution in [0, 0.1) is 0 Å². The molecule has 0 aromatic heterocycles. The summed E-state index contributed by atoms with van der Waals surface area (Å²) in [5.41, 5.74) is 2.08. The molecule has 4 heteroatoms. The second-order valence-electron chi connectivity index (χ2n) is 7.07. The first-order chi connectivity index (χ1) is 9.82. The van der Waals surface area contributed by atoms with Crippen LogP contribution in [0.4, 0.5) is 4.79 Å². The Balaban J connectivity index is 1.95. The van der Waals surface area contributed by atoms with Crippen molar-refractivity contribution in [3.05, 3.63) is 33.8 Å². The maximum absolute atomic E-state index is 12.6. The number of carbonyl (C=O) groups excluding carboxylic acids is 1. The molecule has 1 fully saturated rings. The molecule has 2 aliphatic rings. The zero-order valence-electron chi connectivity index (χ0n) is 12.9. The molecule has 114 valence electrons. The summed E-state index contributed by atoms with van der Waals surface area (Å²) >= 11 is 3.57. The van der Waals surface area contributed by atoms with E-state index in [1.165, 1.54) is 11.1 Å². The van der Waals surface area contributed by atoms with Crippen LogP contribution in [-0.2, 0) is 16.7 Å². The number of rotatable bonds is 0. The molecule has 0 saturated carbocycles. The summed E-state index contributed by atoms with van der Waals surface area (Å²) in [5, 5.41) is 0. The summed E-state index contributed by atoms with van der Waals surface area (Å²) in [6.45, 7) is 6.56. The van der Waals surface area contributed by atoms with Crippen LogP contribution < -0.4 is 0 Å². The van der Waals surface area contributed by atoms with Gasteiger partial charge in [0.15, 0.2) is 0 Å². The molecule has 1 spiro atoms. The molecule has 1 aliphatic carbocycles. The van der Waals surface area contributed by atoms with Crippen LogP contribution in [0.5, 0.6) is 0 Å². The molecule has 3 nitrogen and oxygen atoms in total. The minimum Gasteiger partial charge on any atom is -0.444 e. The van der Waals surface area contributed by atoms with Gasteiger partial charge in [-0.1, -0.05) is 22.0 Å². The quantitative estimate of drug-likeness (QED) is 0.682. The number of halogens is 1. The first-order valence-corrected chi connectivity index (χ1v) is 8.41. The third-order valence-corrected chi connectivity index (χ3v) is 4.98. The number of fused-ring (bicyclic) bond motifs is 2. The lowest BCUT2D eigenvalue weighted by Crippen LogP contribution is -2.46. The molecule has 1 saturated heterocycles. The van der Waals surface area contributed by atoms with Gasteiger partial charge in [-0.3, -0.25) is 4.90 Å². The minimum atomic E-state index is -0.445. The predicted molar refractivity (Wildman–Crippen MR) is 86.3 cm³/mol. The van der Waals surface area contributed by atoms with Crippen molar-refractivity contribution < 1.29 is 9.53 Å². The molecule has 21 heavy (non-hydrogen) atoms. The first-order valence-electron chi connectivity index (χ1n) is 7.61. The third-order valence-electron chi connectivity index (χ3n) is 4.48. The van der Waals surface area contributed by atoms with Gasteiger partial charge in [0.05, 0.1) is 5.54 Å². The highest BCUT2D eigenvalue weighted by molar-refractivity contribution is 9.10. The average Bonchev–Trinajstić information content (AvgIpc) is 2.94. The maximum Gasteiger partial charge on any atom is 0.411 e. The van der Waals surface area contributed by atoms with E-state index in [1.807, 2.05) is 25.7 Å². The lowest BCUT2D eigenvalue weighted by atomic mass is 9.89. The van der Waals surface area contributed by atoms with Gasteiger partial charge in [-0.05, 0) is 69.7 Å². The minimum absolute atomic E-state index is 0.151. The van der Waals surface area contributed by atoms with Gasteiger partial charge in [-0.25, -0.2) is 4.79 Å². The van der Waals surface area contributed by atoms with E-state index in [9.17, 15) is 4.79 Å². The van der Waals surface area contributed by atoms with Gasteiger partial charge >= 0.3 is 6.09 Å². The monoisotopic (exact) mass is 351 g/mol. The van der Waals surface area contributed by atoms with Gasteiger partial charge in [0.2, 0.25) is 0 Å². The second kappa shape index (κ2) is 5.01. The van der Waals surface area contributed by atoms with Crippen LogP contribution in [0.1, 0.15) is 51.2 Å². The lowest BCUT2D eigenvalue weighted by Gasteiger charge is -2.37. The first kappa shape index (κ1) is 14.9. The fourth-order valence-corrected chi connectivity index (χ4v) is 4.04. The smallest absolute Gasteiger partial charge is 0.411 e. The molecule has 3 rings (SSSR count). The maximum atomic E-state index is 12.6. The van der Waals surface area contributed by atoms with E-state index in [0.29, 0.717) is 0 Å². The van der Waals surface area contributed by atoms with Crippen molar-refractivity contribution in [1.82, 2.24) is 4.90 Å². The van der Waals surface area contributed by atoms with Crippen molar-refractivity contribution in [2.75, 3.05) is 6.54 Å². The Morgan fingerprint density at radius 3 is 2.81 bits per heavy atom. The summed E-state index contributed by atoms with van der Waals surface area (Å²) in [6.07, 6.45) is 3.97. The predicted octanol–water partition coefficient (Wildman–Crippen LogP) is 4.62. The van der Waals surface area contributed by atoms with E-state index in [4.69, 9.17) is 4.74 Å². The number of likely N-dealkylation sites (tertiary alicyclic amines) is 1. The van der Waals surface area contributed by atoms with Crippen molar-refractivity contribution in [2.45, 2.75) is 57.6 Å². The summed E-state index contributed by atoms with van der Waals surface area (Å²) in [6, 6.07) is 6.45. The molecule has 1 aromatic rings. The fourth-order valence-electron chi connectivity index (χ4n) is 3.68. The molecule has 0 unspecified atom stereocenters. The highest BCUT2D eigenvalue weighted by Gasteiger charge is 2.49. The topological polar surface area (TPSA) is 29.5 Å². The Labute approximate surface area is 134 Å². The summed E-state index contributed by atoms with van der Waals surface area (Å²) in [5.74, 6) is 0. The molecule has 1 heterocycles. The van der Waals surface area contributed by atoms with Crippen LogP contribution >= 0.6 is 15.9 Å². The Hall–Kier alpha value is -1.03. The number of amides is 1. The Morgan fingerprint density at radius 2 is 2.10 bits per heavy atom. The van der Waals surface area contributed by atoms with Gasteiger partial charge in [-0.2, -0.15) is 0 Å². The van der Waals surface area contributed by atoms with E-state index < -0.39 is 5.60 Å². The SMILES string of the molecule is CC(C)(C)OC(=O)N1CCC[C@]12CCc1ccc(Br)cc12. The molecule has 0 N–H and O–H groups in total. The van der Waals surface area contributed by atoms with E-state index in [-0.39, 0.29) is 11.6 Å². The number of benzene rings is 1. The zero-order valence-corrected chi connectivity index (χ0v) is 14.5. The van der Waals surface area contributed by atoms with Crippen molar-refractivity contribution in [3.63, 3.8) is 0 Å². The molecular formula is C17H22BrNO2. The molecule has 1 aliphatic heterocycles. The Kier molecular flexibility index (Phi) is 3.55. The van der Waals surface area contributed by atoms with Crippen molar-refractivity contribution in [1.29, 1.82) is 0 Å². The summed E-state index contributed by atoms with van der Waals surface area (Å²) in [4.78, 5) is 14.6. The van der Waals surface area contributed by atoms with E-state index in [0.717, 1.165) is 36.7 Å². The second-order valence-corrected chi connectivity index (χ2v) is 7.98. The third kappa shape index (κ3) is 2.59. The van der Waals surface area contributed by atoms with Crippen molar-refractivity contribution in [2.24, 2.45) is 0 Å². The van der Waals surface area contributed by atoms with Crippen LogP contribution in [0.3, 0.4) is 0 Å². The van der Waals surface area contributed by atoms with Crippen LogP contribution in [0.15, 0.2) is 22.7 Å². The normalized spacial score (nSPS) is 24.5. The molecular weight excluding hydrogens is 330 g/mol. The number of hydrogen-bond acceptors (Lipinski definition) is 2. The lowest BCUT2D eigenvalue weighted by molar-refractivity contribution is 0.00705. The van der Waals surface area contributed by atoms with Gasteiger partial charge < -0.3 is 4.74 Å². The highest BCUT2D eigenvalue weighted by atomic mass is 79.9. The zero-order chi connectivity index (χ0) is 15.3. The van der Waals surface area contributed by atoms with Crippen molar-refractivity contribution in [3.8, 4) is 0 Å². The van der Waals surface area contributed by atoms with E-state index in [1.54, 1.807) is 0 Å². The molecule has 0 bridgehead atoms. The molecule has 1 atom stereocenters. The van der Waals surface area contributed by atoms with Gasteiger partial charge in [0.25, 0.3) is 0 Å². The number of hydrogen-bond donors (Lipinski definition) is 0. The Bertz CT molecular complexity index is 579. The number of carbonyl (C=O) groups is 1. The van der Waals surface area contributed by atoms with E-state index in [2.05, 4.69) is 34.1 Å². The van der Waals surface area contributed by atoms with E-state index >= 15 is 0 Å². The molecule has 0 radical (unpaired) electrons. The van der Waals surface area contributed by atoms with Crippen LogP contribution in [-0.4, -0.2) is 23.1 Å². The number of ether oxygens (including phenoxy) is 1. The highest BCUT2D eigenvalue weighted by Crippen LogP contribution is 2.49. The molecule has 1 aromatic carbocycles. The van der Waals surface area contributed by atoms with Gasteiger partial charge in [0, 0.05) is 11.0 Å². The Morgan fingerprint density at radius 1 is 1.33 bits per heavy atom. The summed E-state index contributed by atoms with van der Waals surface area (Å²) in [7, 11) is 0. The van der Waals surface area contributed by atoms with Gasteiger partial charge in [0.1, 0.15) is 5.60 Å². The van der Waals surface area contributed by atoms with Crippen LogP contribution in [0.2, 0.25) is 0 Å². The largest absolute Gasteiger partial charge is 0.444 e. The number of aryl methyl sites for hydroxylation is 1. The van der Waals surface area contributed by atoms with Crippen LogP contribution in [0.25, 0.3) is 0 Å². The standard InChI is InChI=1S/C17H22BrNO2/c1-16(2,3)21-15(20)19-10-4-8-17(19)9-7-12-5-6-13(18)11-14(12)17/h5-6,11H,4,7-10H2,1-3H3/t17-/m1/s1. The van der Waals surface area contributed by atoms with Crippen molar-refractivity contribution >= 4 is 22.0 Å². The molecule has 1 amide bonds. The number of nitrogens with zero attached hydrogens (tertiary/aromatic N) is 1. The van der Waals surface area contributed by atoms with Gasteiger partial charge in [-0.15, -0.1) is 0 Å². The summed E-state index contributed by atoms with van der Waals surface area (Å²) < 4.78 is 6.71. The average molecular weight is 352 g/mol. The fraction of sp³-hybridized carbons (Fsp3) is 0.588.